The van der Waals surface area contributed by atoms with Gasteiger partial charge in [-0.1, -0.05) is 48.5 Å². The maximum atomic E-state index is 5.88. The number of hydrogen-bond donors (Lipinski definition) is 0. The lowest BCUT2D eigenvalue weighted by Gasteiger charge is -2.29. The first kappa shape index (κ1) is 12.0. The SMILES string of the molecule is c1ccc2c(c1)COCN1C2=Nc2cccc3cccc1c23. The molecule has 2 aliphatic heterocycles. The molecule has 0 saturated heterocycles. The summed E-state index contributed by atoms with van der Waals surface area (Å²) in [6.45, 7) is 1.15. The molecule has 22 heavy (non-hydrogen) atoms. The Morgan fingerprint density at radius 3 is 2.73 bits per heavy atom. The van der Waals surface area contributed by atoms with Crippen molar-refractivity contribution < 1.29 is 4.74 Å². The van der Waals surface area contributed by atoms with Crippen LogP contribution in [0.1, 0.15) is 11.1 Å². The summed E-state index contributed by atoms with van der Waals surface area (Å²) in [5.41, 5.74) is 4.56. The van der Waals surface area contributed by atoms with Gasteiger partial charge in [0.15, 0.2) is 0 Å². The van der Waals surface area contributed by atoms with Crippen LogP contribution in [0.4, 0.5) is 11.4 Å². The molecular formula is C19H14N2O. The molecule has 0 saturated carbocycles. The molecule has 0 fully saturated rings. The lowest BCUT2D eigenvalue weighted by molar-refractivity contribution is 0.131. The highest BCUT2D eigenvalue weighted by molar-refractivity contribution is 6.20. The molecule has 2 aliphatic rings. The predicted octanol–water partition coefficient (Wildman–Crippen LogP) is 4.23. The van der Waals surface area contributed by atoms with E-state index in [1.165, 1.54) is 22.0 Å². The van der Waals surface area contributed by atoms with Crippen LogP contribution in [0.25, 0.3) is 10.8 Å². The van der Waals surface area contributed by atoms with Crippen molar-refractivity contribution in [3.05, 3.63) is 71.8 Å². The van der Waals surface area contributed by atoms with Crippen molar-refractivity contribution in [2.45, 2.75) is 6.61 Å². The average molecular weight is 286 g/mol. The quantitative estimate of drug-likeness (QED) is 0.618. The summed E-state index contributed by atoms with van der Waals surface area (Å²) in [6, 6.07) is 21.0. The fraction of sp³-hybridized carbons (Fsp3) is 0.105. The van der Waals surface area contributed by atoms with E-state index < -0.39 is 0 Å². The lowest BCUT2D eigenvalue weighted by atomic mass is 10.0. The van der Waals surface area contributed by atoms with Crippen LogP contribution in [0.2, 0.25) is 0 Å². The van der Waals surface area contributed by atoms with E-state index in [4.69, 9.17) is 9.73 Å². The van der Waals surface area contributed by atoms with Crippen molar-refractivity contribution in [2.75, 3.05) is 11.6 Å². The van der Waals surface area contributed by atoms with Gasteiger partial charge in [-0.05, 0) is 23.1 Å². The molecule has 3 nitrogen and oxygen atoms in total. The Balaban J connectivity index is 1.86. The number of ether oxygens (including phenoxy) is 1. The molecule has 0 unspecified atom stereocenters. The van der Waals surface area contributed by atoms with E-state index in [2.05, 4.69) is 65.6 Å². The summed E-state index contributed by atoms with van der Waals surface area (Å²) in [4.78, 5) is 7.13. The maximum absolute atomic E-state index is 5.88. The van der Waals surface area contributed by atoms with Gasteiger partial charge in [0, 0.05) is 10.9 Å². The topological polar surface area (TPSA) is 24.8 Å². The number of hydrogen-bond acceptors (Lipinski definition) is 3. The smallest absolute Gasteiger partial charge is 0.143 e. The Bertz CT molecular complexity index is 924. The second-order valence-corrected chi connectivity index (χ2v) is 5.65. The largest absolute Gasteiger partial charge is 0.356 e. The number of benzene rings is 3. The molecular weight excluding hydrogens is 272 g/mol. The highest BCUT2D eigenvalue weighted by atomic mass is 16.5. The van der Waals surface area contributed by atoms with Gasteiger partial charge < -0.3 is 9.64 Å². The standard InChI is InChI=1S/C19H14N2O/c1-2-8-15-14(5-1)11-22-12-21-17-10-4-7-13-6-3-9-16(18(13)17)20-19(15)21/h1-10H,11-12H2. The Kier molecular flexibility index (Phi) is 2.40. The zero-order valence-electron chi connectivity index (χ0n) is 12.0. The van der Waals surface area contributed by atoms with E-state index in [9.17, 15) is 0 Å². The van der Waals surface area contributed by atoms with Crippen LogP contribution in [-0.2, 0) is 11.3 Å². The van der Waals surface area contributed by atoms with Gasteiger partial charge in [0.25, 0.3) is 0 Å². The first-order valence-electron chi connectivity index (χ1n) is 7.46. The molecule has 2 heterocycles. The maximum Gasteiger partial charge on any atom is 0.143 e. The van der Waals surface area contributed by atoms with Gasteiger partial charge in [-0.25, -0.2) is 4.99 Å². The highest BCUT2D eigenvalue weighted by Crippen LogP contribution is 2.40. The molecule has 0 N–H and O–H groups in total. The summed E-state index contributed by atoms with van der Waals surface area (Å²) in [6.07, 6.45) is 0. The minimum atomic E-state index is 0.529. The molecule has 0 spiro atoms. The number of anilines is 1. The van der Waals surface area contributed by atoms with Crippen LogP contribution >= 0.6 is 0 Å². The van der Waals surface area contributed by atoms with E-state index in [0.717, 1.165) is 17.1 Å². The minimum absolute atomic E-state index is 0.529. The van der Waals surface area contributed by atoms with Crippen molar-refractivity contribution in [3.63, 3.8) is 0 Å². The zero-order chi connectivity index (χ0) is 14.5. The van der Waals surface area contributed by atoms with Gasteiger partial charge >= 0.3 is 0 Å². The average Bonchev–Trinajstić information content (AvgIpc) is 2.75. The van der Waals surface area contributed by atoms with Crippen molar-refractivity contribution in [1.82, 2.24) is 0 Å². The lowest BCUT2D eigenvalue weighted by Crippen LogP contribution is -2.33. The Morgan fingerprint density at radius 2 is 1.77 bits per heavy atom. The van der Waals surface area contributed by atoms with Gasteiger partial charge in [-0.15, -0.1) is 0 Å². The van der Waals surface area contributed by atoms with Crippen LogP contribution in [0, 0.1) is 0 Å². The van der Waals surface area contributed by atoms with Crippen LogP contribution in [-0.4, -0.2) is 12.6 Å². The fourth-order valence-corrected chi connectivity index (χ4v) is 3.36. The molecule has 0 amide bonds. The van der Waals surface area contributed by atoms with Gasteiger partial charge in [0.1, 0.15) is 12.6 Å². The summed E-state index contributed by atoms with van der Waals surface area (Å²) < 4.78 is 5.88. The van der Waals surface area contributed by atoms with Crippen molar-refractivity contribution in [3.8, 4) is 0 Å². The Hall–Kier alpha value is -2.65. The van der Waals surface area contributed by atoms with Crippen LogP contribution in [0.5, 0.6) is 0 Å². The predicted molar refractivity (Wildman–Crippen MR) is 88.7 cm³/mol. The van der Waals surface area contributed by atoms with Gasteiger partial charge in [0.2, 0.25) is 0 Å². The Morgan fingerprint density at radius 1 is 0.909 bits per heavy atom. The van der Waals surface area contributed by atoms with Crippen LogP contribution in [0.3, 0.4) is 0 Å². The fourth-order valence-electron chi connectivity index (χ4n) is 3.36. The van der Waals surface area contributed by atoms with E-state index >= 15 is 0 Å². The third kappa shape index (κ3) is 1.57. The summed E-state index contributed by atoms with van der Waals surface area (Å²) in [5.74, 6) is 0.985. The van der Waals surface area contributed by atoms with Gasteiger partial charge in [0.05, 0.1) is 18.0 Å². The normalized spacial score (nSPS) is 15.8. The molecule has 5 rings (SSSR count). The first-order valence-corrected chi connectivity index (χ1v) is 7.46. The monoisotopic (exact) mass is 286 g/mol. The van der Waals surface area contributed by atoms with E-state index in [-0.39, 0.29) is 0 Å². The first-order chi connectivity index (χ1) is 10.9. The third-order valence-corrected chi connectivity index (χ3v) is 4.37. The number of rotatable bonds is 0. The molecule has 3 aromatic rings. The number of aliphatic imine (C=N–C) groups is 1. The number of amidine groups is 1. The van der Waals surface area contributed by atoms with E-state index in [1.807, 2.05) is 0 Å². The van der Waals surface area contributed by atoms with E-state index in [1.54, 1.807) is 0 Å². The van der Waals surface area contributed by atoms with Crippen LogP contribution < -0.4 is 4.90 Å². The Labute approximate surface area is 128 Å². The summed E-state index contributed by atoms with van der Waals surface area (Å²) in [5, 5.41) is 2.42. The second-order valence-electron chi connectivity index (χ2n) is 5.65. The molecule has 0 aliphatic carbocycles. The zero-order valence-corrected chi connectivity index (χ0v) is 12.0. The van der Waals surface area contributed by atoms with Crippen LogP contribution in [0.15, 0.2) is 65.7 Å². The van der Waals surface area contributed by atoms with Crippen molar-refractivity contribution in [1.29, 1.82) is 0 Å². The molecule has 3 aromatic carbocycles. The third-order valence-electron chi connectivity index (χ3n) is 4.37. The highest BCUT2D eigenvalue weighted by Gasteiger charge is 2.27. The number of fused-ring (bicyclic) bond motifs is 4. The van der Waals surface area contributed by atoms with Crippen molar-refractivity contribution in [2.24, 2.45) is 4.99 Å². The van der Waals surface area contributed by atoms with Gasteiger partial charge in [-0.2, -0.15) is 0 Å². The molecule has 0 radical (unpaired) electrons. The summed E-state index contributed by atoms with van der Waals surface area (Å²) >= 11 is 0. The second kappa shape index (κ2) is 4.42. The minimum Gasteiger partial charge on any atom is -0.356 e. The number of nitrogens with zero attached hydrogens (tertiary/aromatic N) is 2. The van der Waals surface area contributed by atoms with Gasteiger partial charge in [-0.3, -0.25) is 0 Å². The van der Waals surface area contributed by atoms with E-state index in [0.29, 0.717) is 13.3 Å². The molecule has 0 bridgehead atoms. The summed E-state index contributed by atoms with van der Waals surface area (Å²) in [7, 11) is 0. The van der Waals surface area contributed by atoms with Crippen molar-refractivity contribution >= 4 is 28.0 Å². The molecule has 0 atom stereocenters. The molecule has 0 aromatic heterocycles. The molecule has 106 valence electrons. The molecule has 3 heteroatoms.